The zero-order chi connectivity index (χ0) is 11.5. The SMILES string of the molecule is Cc1ccc(C)c(NC2CCCC(N)C2)c1. The van der Waals surface area contributed by atoms with Gasteiger partial charge in [0.1, 0.15) is 0 Å². The number of benzene rings is 1. The maximum Gasteiger partial charge on any atom is 0.0374 e. The van der Waals surface area contributed by atoms with E-state index in [1.165, 1.54) is 36.1 Å². The fourth-order valence-corrected chi connectivity index (χ4v) is 2.47. The highest BCUT2D eigenvalue weighted by molar-refractivity contribution is 5.53. The number of aryl methyl sites for hydroxylation is 2. The largest absolute Gasteiger partial charge is 0.382 e. The smallest absolute Gasteiger partial charge is 0.0374 e. The van der Waals surface area contributed by atoms with Crippen molar-refractivity contribution in [2.24, 2.45) is 5.73 Å². The van der Waals surface area contributed by atoms with Gasteiger partial charge in [-0.25, -0.2) is 0 Å². The maximum absolute atomic E-state index is 6.01. The van der Waals surface area contributed by atoms with Gasteiger partial charge in [-0.05, 0) is 56.7 Å². The molecular formula is C14H22N2. The van der Waals surface area contributed by atoms with Crippen molar-refractivity contribution in [2.75, 3.05) is 5.32 Å². The van der Waals surface area contributed by atoms with Gasteiger partial charge >= 0.3 is 0 Å². The lowest BCUT2D eigenvalue weighted by Gasteiger charge is -2.28. The Balaban J connectivity index is 2.05. The first-order valence-corrected chi connectivity index (χ1v) is 6.24. The number of anilines is 1. The molecule has 3 N–H and O–H groups in total. The van der Waals surface area contributed by atoms with Gasteiger partial charge in [-0.15, -0.1) is 0 Å². The molecule has 0 bridgehead atoms. The molecule has 2 unspecified atom stereocenters. The summed E-state index contributed by atoms with van der Waals surface area (Å²) in [7, 11) is 0. The van der Waals surface area contributed by atoms with Gasteiger partial charge in [0.2, 0.25) is 0 Å². The predicted octanol–water partition coefficient (Wildman–Crippen LogP) is 2.99. The number of hydrogen-bond donors (Lipinski definition) is 2. The lowest BCUT2D eigenvalue weighted by molar-refractivity contribution is 0.409. The number of nitrogens with one attached hydrogen (secondary N) is 1. The van der Waals surface area contributed by atoms with Crippen molar-refractivity contribution in [1.29, 1.82) is 0 Å². The summed E-state index contributed by atoms with van der Waals surface area (Å²) in [5, 5.41) is 3.64. The van der Waals surface area contributed by atoms with Gasteiger partial charge in [0.25, 0.3) is 0 Å². The normalized spacial score (nSPS) is 25.4. The molecule has 0 saturated heterocycles. The van der Waals surface area contributed by atoms with Crippen molar-refractivity contribution in [3.63, 3.8) is 0 Å². The Hall–Kier alpha value is -1.02. The van der Waals surface area contributed by atoms with E-state index in [9.17, 15) is 0 Å². The van der Waals surface area contributed by atoms with Gasteiger partial charge in [0.05, 0.1) is 0 Å². The van der Waals surface area contributed by atoms with Crippen molar-refractivity contribution < 1.29 is 0 Å². The Morgan fingerprint density at radius 3 is 2.81 bits per heavy atom. The molecule has 2 heteroatoms. The van der Waals surface area contributed by atoms with Crippen molar-refractivity contribution in [3.05, 3.63) is 29.3 Å². The Kier molecular flexibility index (Phi) is 3.49. The van der Waals surface area contributed by atoms with Crippen LogP contribution in [0.25, 0.3) is 0 Å². The summed E-state index contributed by atoms with van der Waals surface area (Å²) in [6, 6.07) is 7.52. The van der Waals surface area contributed by atoms with Crippen molar-refractivity contribution in [1.82, 2.24) is 0 Å². The fourth-order valence-electron chi connectivity index (χ4n) is 2.47. The van der Waals surface area contributed by atoms with E-state index in [-0.39, 0.29) is 0 Å². The zero-order valence-electron chi connectivity index (χ0n) is 10.3. The van der Waals surface area contributed by atoms with Gasteiger partial charge in [0, 0.05) is 17.8 Å². The van der Waals surface area contributed by atoms with Crippen LogP contribution in [0.4, 0.5) is 5.69 Å². The molecule has 2 atom stereocenters. The third kappa shape index (κ3) is 2.76. The highest BCUT2D eigenvalue weighted by Gasteiger charge is 2.19. The van der Waals surface area contributed by atoms with Crippen molar-refractivity contribution in [3.8, 4) is 0 Å². The molecule has 1 aromatic carbocycles. The van der Waals surface area contributed by atoms with Crippen molar-refractivity contribution in [2.45, 2.75) is 51.6 Å². The summed E-state index contributed by atoms with van der Waals surface area (Å²) in [4.78, 5) is 0. The van der Waals surface area contributed by atoms with Crippen LogP contribution in [0.3, 0.4) is 0 Å². The fraction of sp³-hybridized carbons (Fsp3) is 0.571. The first-order chi connectivity index (χ1) is 7.65. The average molecular weight is 218 g/mol. The first kappa shape index (κ1) is 11.5. The summed E-state index contributed by atoms with van der Waals surface area (Å²) in [5.74, 6) is 0. The van der Waals surface area contributed by atoms with E-state index in [1.54, 1.807) is 0 Å². The molecule has 1 aromatic rings. The Morgan fingerprint density at radius 2 is 2.06 bits per heavy atom. The standard InChI is InChI=1S/C14H22N2/c1-10-6-7-11(2)14(8-10)16-13-5-3-4-12(15)9-13/h6-8,12-13,16H,3-5,9,15H2,1-2H3. The Morgan fingerprint density at radius 1 is 1.25 bits per heavy atom. The molecule has 1 saturated carbocycles. The molecule has 0 heterocycles. The molecule has 1 aliphatic rings. The van der Waals surface area contributed by atoms with Gasteiger partial charge in [-0.1, -0.05) is 12.1 Å². The molecule has 0 aromatic heterocycles. The maximum atomic E-state index is 6.01. The van der Waals surface area contributed by atoms with E-state index in [4.69, 9.17) is 5.73 Å². The lowest BCUT2D eigenvalue weighted by atomic mass is 9.91. The van der Waals surface area contributed by atoms with Crippen LogP contribution >= 0.6 is 0 Å². The van der Waals surface area contributed by atoms with Gasteiger partial charge in [-0.2, -0.15) is 0 Å². The summed E-state index contributed by atoms with van der Waals surface area (Å²) in [5.41, 5.74) is 9.92. The van der Waals surface area contributed by atoms with Gasteiger partial charge in [-0.3, -0.25) is 0 Å². The molecule has 0 aliphatic heterocycles. The summed E-state index contributed by atoms with van der Waals surface area (Å²) in [6.07, 6.45) is 4.79. The minimum atomic E-state index is 0.386. The molecule has 16 heavy (non-hydrogen) atoms. The van der Waals surface area contributed by atoms with Crippen LogP contribution in [0.1, 0.15) is 36.8 Å². The minimum Gasteiger partial charge on any atom is -0.382 e. The van der Waals surface area contributed by atoms with E-state index in [2.05, 4.69) is 37.4 Å². The van der Waals surface area contributed by atoms with Crippen LogP contribution in [-0.4, -0.2) is 12.1 Å². The second-order valence-corrected chi connectivity index (χ2v) is 5.09. The molecule has 0 radical (unpaired) electrons. The van der Waals surface area contributed by atoms with Crippen LogP contribution in [0.5, 0.6) is 0 Å². The Labute approximate surface area is 98.2 Å². The van der Waals surface area contributed by atoms with Gasteiger partial charge < -0.3 is 11.1 Å². The van der Waals surface area contributed by atoms with Crippen LogP contribution in [-0.2, 0) is 0 Å². The average Bonchev–Trinajstić information content (AvgIpc) is 2.24. The molecule has 88 valence electrons. The monoisotopic (exact) mass is 218 g/mol. The zero-order valence-corrected chi connectivity index (χ0v) is 10.3. The third-order valence-electron chi connectivity index (χ3n) is 3.47. The lowest BCUT2D eigenvalue weighted by Crippen LogP contribution is -2.35. The van der Waals surface area contributed by atoms with E-state index in [0.717, 1.165) is 6.42 Å². The first-order valence-electron chi connectivity index (χ1n) is 6.24. The second-order valence-electron chi connectivity index (χ2n) is 5.09. The Bertz CT molecular complexity index is 360. The molecule has 2 nitrogen and oxygen atoms in total. The number of nitrogens with two attached hydrogens (primary N) is 1. The molecule has 0 spiro atoms. The molecule has 2 rings (SSSR count). The highest BCUT2D eigenvalue weighted by Crippen LogP contribution is 2.23. The van der Waals surface area contributed by atoms with E-state index >= 15 is 0 Å². The summed E-state index contributed by atoms with van der Waals surface area (Å²) in [6.45, 7) is 4.29. The molecule has 0 amide bonds. The van der Waals surface area contributed by atoms with E-state index in [0.29, 0.717) is 12.1 Å². The van der Waals surface area contributed by atoms with Crippen LogP contribution in [0.2, 0.25) is 0 Å². The third-order valence-corrected chi connectivity index (χ3v) is 3.47. The molecular weight excluding hydrogens is 196 g/mol. The number of rotatable bonds is 2. The highest BCUT2D eigenvalue weighted by atomic mass is 14.9. The summed E-state index contributed by atoms with van der Waals surface area (Å²) < 4.78 is 0. The van der Waals surface area contributed by atoms with Crippen LogP contribution < -0.4 is 11.1 Å². The van der Waals surface area contributed by atoms with Gasteiger partial charge in [0.15, 0.2) is 0 Å². The predicted molar refractivity (Wildman–Crippen MR) is 69.8 cm³/mol. The van der Waals surface area contributed by atoms with Crippen molar-refractivity contribution >= 4 is 5.69 Å². The topological polar surface area (TPSA) is 38.0 Å². The molecule has 1 fully saturated rings. The minimum absolute atomic E-state index is 0.386. The van der Waals surface area contributed by atoms with E-state index < -0.39 is 0 Å². The van der Waals surface area contributed by atoms with Crippen LogP contribution in [0.15, 0.2) is 18.2 Å². The quantitative estimate of drug-likeness (QED) is 0.801. The van der Waals surface area contributed by atoms with Crippen LogP contribution in [0, 0.1) is 13.8 Å². The summed E-state index contributed by atoms with van der Waals surface area (Å²) >= 11 is 0. The second kappa shape index (κ2) is 4.88. The molecule has 1 aliphatic carbocycles. The van der Waals surface area contributed by atoms with E-state index in [1.807, 2.05) is 0 Å². The number of hydrogen-bond acceptors (Lipinski definition) is 2.